The number of piperazine rings is 1. The van der Waals surface area contributed by atoms with Crippen molar-refractivity contribution in [2.24, 2.45) is 5.92 Å². The van der Waals surface area contributed by atoms with E-state index in [4.69, 9.17) is 4.74 Å². The van der Waals surface area contributed by atoms with E-state index in [9.17, 15) is 9.59 Å². The molecule has 0 aromatic rings. The Balaban J connectivity index is 1.82. The third-order valence-corrected chi connectivity index (χ3v) is 3.35. The van der Waals surface area contributed by atoms with Gasteiger partial charge in [-0.2, -0.15) is 0 Å². The standard InChI is InChI=1S/C12H20N2O3/c1-17-7-3-2-6-14-8-10(15)13-11(12(14)16)9-4-5-9/h9,11H,2-8H2,1H3,(H,13,15). The number of nitrogens with one attached hydrogen (secondary N) is 1. The van der Waals surface area contributed by atoms with E-state index in [-0.39, 0.29) is 24.4 Å². The summed E-state index contributed by atoms with van der Waals surface area (Å²) in [6.45, 7) is 1.59. The van der Waals surface area contributed by atoms with Crippen molar-refractivity contribution in [1.82, 2.24) is 10.2 Å². The van der Waals surface area contributed by atoms with Crippen molar-refractivity contribution in [2.45, 2.75) is 31.7 Å². The van der Waals surface area contributed by atoms with Crippen molar-refractivity contribution in [2.75, 3.05) is 26.8 Å². The molecule has 5 heteroatoms. The van der Waals surface area contributed by atoms with Crippen LogP contribution < -0.4 is 5.32 Å². The number of carbonyl (C=O) groups excluding carboxylic acids is 2. The van der Waals surface area contributed by atoms with Crippen LogP contribution in [0.15, 0.2) is 0 Å². The molecule has 1 unspecified atom stereocenters. The number of unbranched alkanes of at least 4 members (excludes halogenated alkanes) is 1. The lowest BCUT2D eigenvalue weighted by Crippen LogP contribution is -2.58. The second-order valence-corrected chi connectivity index (χ2v) is 4.84. The van der Waals surface area contributed by atoms with Crippen LogP contribution in [0, 0.1) is 5.92 Å². The molecule has 1 heterocycles. The first-order valence-corrected chi connectivity index (χ1v) is 6.29. The molecule has 2 rings (SSSR count). The normalized spacial score (nSPS) is 25.0. The molecule has 17 heavy (non-hydrogen) atoms. The van der Waals surface area contributed by atoms with Gasteiger partial charge in [0.25, 0.3) is 0 Å². The van der Waals surface area contributed by atoms with Crippen molar-refractivity contribution in [1.29, 1.82) is 0 Å². The topological polar surface area (TPSA) is 58.6 Å². The van der Waals surface area contributed by atoms with Crippen molar-refractivity contribution < 1.29 is 14.3 Å². The Bertz CT molecular complexity index is 302. The number of hydrogen-bond acceptors (Lipinski definition) is 3. The predicted molar refractivity (Wildman–Crippen MR) is 62.3 cm³/mol. The number of hydrogen-bond donors (Lipinski definition) is 1. The van der Waals surface area contributed by atoms with E-state index in [1.807, 2.05) is 0 Å². The average Bonchev–Trinajstić information content (AvgIpc) is 3.12. The highest BCUT2D eigenvalue weighted by Gasteiger charge is 2.42. The first kappa shape index (κ1) is 12.4. The molecule has 1 saturated heterocycles. The predicted octanol–water partition coefficient (Wildman–Crippen LogP) is 0.150. The smallest absolute Gasteiger partial charge is 0.245 e. The molecule has 5 nitrogen and oxygen atoms in total. The molecule has 2 fully saturated rings. The van der Waals surface area contributed by atoms with Crippen LogP contribution in [0.2, 0.25) is 0 Å². The van der Waals surface area contributed by atoms with Crippen molar-refractivity contribution >= 4 is 11.8 Å². The summed E-state index contributed by atoms with van der Waals surface area (Å²) < 4.78 is 4.97. The zero-order valence-electron chi connectivity index (χ0n) is 10.3. The number of methoxy groups -OCH3 is 1. The van der Waals surface area contributed by atoms with Gasteiger partial charge in [-0.05, 0) is 31.6 Å². The van der Waals surface area contributed by atoms with Crippen LogP contribution in [0.1, 0.15) is 25.7 Å². The average molecular weight is 240 g/mol. The van der Waals surface area contributed by atoms with Crippen molar-refractivity contribution in [3.8, 4) is 0 Å². The van der Waals surface area contributed by atoms with Gasteiger partial charge in [-0.25, -0.2) is 0 Å². The first-order valence-electron chi connectivity index (χ1n) is 6.29. The van der Waals surface area contributed by atoms with E-state index in [2.05, 4.69) is 5.32 Å². The monoisotopic (exact) mass is 240 g/mol. The molecular formula is C12H20N2O3. The summed E-state index contributed by atoms with van der Waals surface area (Å²) >= 11 is 0. The maximum absolute atomic E-state index is 12.1. The SMILES string of the molecule is COCCCCN1CC(=O)NC(C2CC2)C1=O. The molecule has 1 aliphatic carbocycles. The zero-order valence-corrected chi connectivity index (χ0v) is 10.3. The second-order valence-electron chi connectivity index (χ2n) is 4.84. The Morgan fingerprint density at radius 3 is 2.76 bits per heavy atom. The summed E-state index contributed by atoms with van der Waals surface area (Å²) in [6, 6.07) is -0.251. The van der Waals surface area contributed by atoms with E-state index in [1.54, 1.807) is 12.0 Å². The minimum atomic E-state index is -0.251. The van der Waals surface area contributed by atoms with Gasteiger partial charge in [0.1, 0.15) is 6.04 Å². The Morgan fingerprint density at radius 2 is 2.12 bits per heavy atom. The van der Waals surface area contributed by atoms with Gasteiger partial charge < -0.3 is 15.0 Å². The van der Waals surface area contributed by atoms with Crippen LogP contribution in [-0.4, -0.2) is 49.6 Å². The third kappa shape index (κ3) is 3.19. The molecule has 1 atom stereocenters. The molecule has 0 spiro atoms. The van der Waals surface area contributed by atoms with Crippen LogP contribution in [0.3, 0.4) is 0 Å². The molecule has 0 aromatic carbocycles. The quantitative estimate of drug-likeness (QED) is 0.672. The van der Waals surface area contributed by atoms with Gasteiger partial charge in [-0.15, -0.1) is 0 Å². The summed E-state index contributed by atoms with van der Waals surface area (Å²) in [4.78, 5) is 25.3. The largest absolute Gasteiger partial charge is 0.385 e. The number of amides is 2. The highest BCUT2D eigenvalue weighted by atomic mass is 16.5. The Kier molecular flexibility index (Phi) is 3.99. The number of nitrogens with zero attached hydrogens (tertiary/aromatic N) is 1. The fourth-order valence-corrected chi connectivity index (χ4v) is 2.22. The Hall–Kier alpha value is -1.10. The maximum Gasteiger partial charge on any atom is 0.245 e. The number of rotatable bonds is 6. The molecule has 1 N–H and O–H groups in total. The molecule has 2 aliphatic rings. The molecule has 1 saturated carbocycles. The highest BCUT2D eigenvalue weighted by molar-refractivity contribution is 5.95. The van der Waals surface area contributed by atoms with Crippen molar-refractivity contribution in [3.05, 3.63) is 0 Å². The highest BCUT2D eigenvalue weighted by Crippen LogP contribution is 2.34. The van der Waals surface area contributed by atoms with Gasteiger partial charge in [-0.1, -0.05) is 0 Å². The van der Waals surface area contributed by atoms with Gasteiger partial charge in [-0.3, -0.25) is 9.59 Å². The Labute approximate surface area is 101 Å². The van der Waals surface area contributed by atoms with Crippen LogP contribution in [-0.2, 0) is 14.3 Å². The molecule has 0 aromatic heterocycles. The summed E-state index contributed by atoms with van der Waals surface area (Å²) in [5.41, 5.74) is 0. The van der Waals surface area contributed by atoms with E-state index in [0.29, 0.717) is 19.1 Å². The summed E-state index contributed by atoms with van der Waals surface area (Å²) in [7, 11) is 1.67. The van der Waals surface area contributed by atoms with E-state index in [0.717, 1.165) is 25.7 Å². The molecule has 0 bridgehead atoms. The van der Waals surface area contributed by atoms with E-state index in [1.165, 1.54) is 0 Å². The lowest BCUT2D eigenvalue weighted by Gasteiger charge is -2.32. The number of carbonyl (C=O) groups is 2. The third-order valence-electron chi connectivity index (χ3n) is 3.35. The Morgan fingerprint density at radius 1 is 1.35 bits per heavy atom. The maximum atomic E-state index is 12.1. The van der Waals surface area contributed by atoms with Gasteiger partial charge in [0.15, 0.2) is 0 Å². The van der Waals surface area contributed by atoms with E-state index >= 15 is 0 Å². The molecular weight excluding hydrogens is 220 g/mol. The lowest BCUT2D eigenvalue weighted by molar-refractivity contribution is -0.145. The summed E-state index contributed by atoms with van der Waals surface area (Å²) in [6.07, 6.45) is 3.95. The van der Waals surface area contributed by atoms with Crippen LogP contribution >= 0.6 is 0 Å². The lowest BCUT2D eigenvalue weighted by atomic mass is 10.1. The van der Waals surface area contributed by atoms with Crippen LogP contribution in [0.5, 0.6) is 0 Å². The zero-order chi connectivity index (χ0) is 12.3. The van der Waals surface area contributed by atoms with E-state index < -0.39 is 0 Å². The summed E-state index contributed by atoms with van der Waals surface area (Å²) in [5, 5.41) is 2.80. The first-order chi connectivity index (χ1) is 8.22. The van der Waals surface area contributed by atoms with Crippen LogP contribution in [0.25, 0.3) is 0 Å². The fraction of sp³-hybridized carbons (Fsp3) is 0.833. The molecule has 2 amide bonds. The molecule has 0 radical (unpaired) electrons. The van der Waals surface area contributed by atoms with Crippen LogP contribution in [0.4, 0.5) is 0 Å². The molecule has 1 aliphatic heterocycles. The minimum Gasteiger partial charge on any atom is -0.385 e. The fourth-order valence-electron chi connectivity index (χ4n) is 2.22. The van der Waals surface area contributed by atoms with Gasteiger partial charge in [0.05, 0.1) is 6.54 Å². The second kappa shape index (κ2) is 5.49. The molecule has 96 valence electrons. The summed E-state index contributed by atoms with van der Waals surface area (Å²) in [5.74, 6) is 0.464. The number of ether oxygens (including phenoxy) is 1. The van der Waals surface area contributed by atoms with Gasteiger partial charge >= 0.3 is 0 Å². The van der Waals surface area contributed by atoms with Gasteiger partial charge in [0, 0.05) is 20.3 Å². The minimum absolute atomic E-state index is 0.0201. The van der Waals surface area contributed by atoms with Crippen molar-refractivity contribution in [3.63, 3.8) is 0 Å². The van der Waals surface area contributed by atoms with Gasteiger partial charge in [0.2, 0.25) is 11.8 Å².